The monoisotopic (exact) mass is 299 g/mol. The molecule has 0 aliphatic heterocycles. The SMILES string of the molecule is NC(=O)CCn1nc(-c2ccc(N)cc2)c2c1CCCC2N. The third kappa shape index (κ3) is 2.69. The molecule has 1 aromatic carbocycles. The number of rotatable bonds is 4. The van der Waals surface area contributed by atoms with E-state index in [1.807, 2.05) is 28.9 Å². The van der Waals surface area contributed by atoms with Crippen LogP contribution in [0.2, 0.25) is 0 Å². The van der Waals surface area contributed by atoms with Gasteiger partial charge in [0.25, 0.3) is 0 Å². The Kier molecular flexibility index (Phi) is 3.85. The Morgan fingerprint density at radius 1 is 1.32 bits per heavy atom. The molecular weight excluding hydrogens is 278 g/mol. The number of aryl methyl sites for hydroxylation is 1. The molecule has 0 fully saturated rings. The van der Waals surface area contributed by atoms with E-state index in [1.54, 1.807) is 0 Å². The van der Waals surface area contributed by atoms with Crippen molar-refractivity contribution in [2.45, 2.75) is 38.3 Å². The van der Waals surface area contributed by atoms with Gasteiger partial charge in [0.1, 0.15) is 0 Å². The third-order valence-electron chi connectivity index (χ3n) is 4.15. The highest BCUT2D eigenvalue weighted by molar-refractivity contribution is 5.73. The van der Waals surface area contributed by atoms with Crippen LogP contribution in [-0.2, 0) is 17.8 Å². The van der Waals surface area contributed by atoms with Gasteiger partial charge in [0.05, 0.1) is 5.69 Å². The molecule has 116 valence electrons. The van der Waals surface area contributed by atoms with Crippen LogP contribution in [-0.4, -0.2) is 15.7 Å². The maximum atomic E-state index is 11.1. The minimum absolute atomic E-state index is 0.0152. The van der Waals surface area contributed by atoms with Gasteiger partial charge in [0, 0.05) is 41.5 Å². The summed E-state index contributed by atoms with van der Waals surface area (Å²) < 4.78 is 1.89. The molecule has 0 saturated heterocycles. The van der Waals surface area contributed by atoms with E-state index in [0.717, 1.165) is 47.5 Å². The zero-order valence-corrected chi connectivity index (χ0v) is 12.5. The average Bonchev–Trinajstić information content (AvgIpc) is 2.86. The van der Waals surface area contributed by atoms with E-state index in [-0.39, 0.29) is 18.4 Å². The van der Waals surface area contributed by atoms with Crippen LogP contribution in [0.25, 0.3) is 11.3 Å². The molecule has 2 aromatic rings. The zero-order valence-electron chi connectivity index (χ0n) is 12.5. The summed E-state index contributed by atoms with van der Waals surface area (Å²) in [7, 11) is 0. The second-order valence-corrected chi connectivity index (χ2v) is 5.77. The molecule has 22 heavy (non-hydrogen) atoms. The molecular formula is C16H21N5O. The lowest BCUT2D eigenvalue weighted by molar-refractivity contribution is -0.118. The smallest absolute Gasteiger partial charge is 0.219 e. The summed E-state index contributed by atoms with van der Waals surface area (Å²) in [6, 6.07) is 7.62. The fourth-order valence-electron chi connectivity index (χ4n) is 3.05. The Balaban J connectivity index is 2.05. The van der Waals surface area contributed by atoms with E-state index in [0.29, 0.717) is 6.54 Å². The van der Waals surface area contributed by atoms with Crippen molar-refractivity contribution in [2.24, 2.45) is 11.5 Å². The number of anilines is 1. The zero-order chi connectivity index (χ0) is 15.7. The van der Waals surface area contributed by atoms with Gasteiger partial charge in [-0.2, -0.15) is 5.10 Å². The molecule has 0 spiro atoms. The van der Waals surface area contributed by atoms with Crippen molar-refractivity contribution in [3.8, 4) is 11.3 Å². The second kappa shape index (κ2) is 5.81. The standard InChI is InChI=1S/C16H21N5O/c17-11-6-4-10(5-7-11)16-15-12(18)2-1-3-13(15)21(20-16)9-8-14(19)22/h4-7,12H,1-3,8-9,17-18H2,(H2,19,22). The molecule has 1 unspecified atom stereocenters. The van der Waals surface area contributed by atoms with E-state index in [2.05, 4.69) is 0 Å². The number of fused-ring (bicyclic) bond motifs is 1. The number of aromatic nitrogens is 2. The third-order valence-corrected chi connectivity index (χ3v) is 4.15. The highest BCUT2D eigenvalue weighted by Gasteiger charge is 2.27. The first-order chi connectivity index (χ1) is 10.6. The van der Waals surface area contributed by atoms with Crippen LogP contribution < -0.4 is 17.2 Å². The predicted molar refractivity (Wildman–Crippen MR) is 85.8 cm³/mol. The molecule has 1 heterocycles. The Morgan fingerprint density at radius 3 is 2.73 bits per heavy atom. The number of benzene rings is 1. The highest BCUT2D eigenvalue weighted by Crippen LogP contribution is 2.36. The molecule has 1 amide bonds. The summed E-state index contributed by atoms with van der Waals surface area (Å²) in [5.41, 5.74) is 22.2. The van der Waals surface area contributed by atoms with Crippen molar-refractivity contribution in [1.82, 2.24) is 9.78 Å². The molecule has 1 aliphatic carbocycles. The molecule has 1 aromatic heterocycles. The van der Waals surface area contributed by atoms with Gasteiger partial charge >= 0.3 is 0 Å². The summed E-state index contributed by atoms with van der Waals surface area (Å²) in [5.74, 6) is -0.321. The first-order valence-corrected chi connectivity index (χ1v) is 7.55. The summed E-state index contributed by atoms with van der Waals surface area (Å²) in [5, 5.41) is 4.70. The summed E-state index contributed by atoms with van der Waals surface area (Å²) in [4.78, 5) is 11.1. The Labute approximate surface area is 129 Å². The predicted octanol–water partition coefficient (Wildman–Crippen LogP) is 1.34. The summed E-state index contributed by atoms with van der Waals surface area (Å²) >= 11 is 0. The largest absolute Gasteiger partial charge is 0.399 e. The van der Waals surface area contributed by atoms with Crippen LogP contribution in [0.3, 0.4) is 0 Å². The number of nitrogens with zero attached hydrogens (tertiary/aromatic N) is 2. The van der Waals surface area contributed by atoms with Crippen molar-refractivity contribution in [2.75, 3.05) is 5.73 Å². The normalized spacial score (nSPS) is 17.2. The van der Waals surface area contributed by atoms with Crippen LogP contribution in [0.4, 0.5) is 5.69 Å². The Bertz CT molecular complexity index is 689. The van der Waals surface area contributed by atoms with Gasteiger partial charge in [-0.15, -0.1) is 0 Å². The quantitative estimate of drug-likeness (QED) is 0.739. The van der Waals surface area contributed by atoms with Crippen molar-refractivity contribution in [3.05, 3.63) is 35.5 Å². The summed E-state index contributed by atoms with van der Waals surface area (Å²) in [6.07, 6.45) is 3.21. The fourth-order valence-corrected chi connectivity index (χ4v) is 3.05. The van der Waals surface area contributed by atoms with Crippen molar-refractivity contribution in [1.29, 1.82) is 0 Å². The molecule has 6 N–H and O–H groups in total. The topological polar surface area (TPSA) is 113 Å². The second-order valence-electron chi connectivity index (χ2n) is 5.77. The van der Waals surface area contributed by atoms with E-state index in [4.69, 9.17) is 22.3 Å². The van der Waals surface area contributed by atoms with Crippen molar-refractivity contribution in [3.63, 3.8) is 0 Å². The maximum Gasteiger partial charge on any atom is 0.219 e. The van der Waals surface area contributed by atoms with Crippen LogP contribution >= 0.6 is 0 Å². The van der Waals surface area contributed by atoms with Gasteiger partial charge in [-0.05, 0) is 31.4 Å². The fraction of sp³-hybridized carbons (Fsp3) is 0.375. The summed E-state index contributed by atoms with van der Waals surface area (Å²) in [6.45, 7) is 0.499. The average molecular weight is 299 g/mol. The molecule has 6 nitrogen and oxygen atoms in total. The highest BCUT2D eigenvalue weighted by atomic mass is 16.1. The minimum Gasteiger partial charge on any atom is -0.399 e. The van der Waals surface area contributed by atoms with Gasteiger partial charge in [-0.3, -0.25) is 9.48 Å². The van der Waals surface area contributed by atoms with Gasteiger partial charge in [0.2, 0.25) is 5.91 Å². The number of nitrogen functional groups attached to an aromatic ring is 1. The number of carbonyl (C=O) groups is 1. The van der Waals surface area contributed by atoms with Gasteiger partial charge in [-0.1, -0.05) is 12.1 Å². The first kappa shape index (κ1) is 14.6. The van der Waals surface area contributed by atoms with Gasteiger partial charge in [-0.25, -0.2) is 0 Å². The van der Waals surface area contributed by atoms with Crippen LogP contribution in [0, 0.1) is 0 Å². The Hall–Kier alpha value is -2.34. The van der Waals surface area contributed by atoms with E-state index >= 15 is 0 Å². The lowest BCUT2D eigenvalue weighted by Gasteiger charge is -2.20. The molecule has 0 bridgehead atoms. The lowest BCUT2D eigenvalue weighted by atomic mass is 9.89. The first-order valence-electron chi connectivity index (χ1n) is 7.55. The van der Waals surface area contributed by atoms with Crippen molar-refractivity contribution >= 4 is 11.6 Å². The number of hydrogen-bond acceptors (Lipinski definition) is 4. The van der Waals surface area contributed by atoms with Crippen molar-refractivity contribution < 1.29 is 4.79 Å². The molecule has 0 radical (unpaired) electrons. The van der Waals surface area contributed by atoms with Gasteiger partial charge < -0.3 is 17.2 Å². The van der Waals surface area contributed by atoms with Crippen LogP contribution in [0.15, 0.2) is 24.3 Å². The maximum absolute atomic E-state index is 11.1. The Morgan fingerprint density at radius 2 is 2.05 bits per heavy atom. The number of nitrogens with two attached hydrogens (primary N) is 3. The molecule has 1 aliphatic rings. The number of primary amides is 1. The number of carbonyl (C=O) groups excluding carboxylic acids is 1. The number of amides is 1. The van der Waals surface area contributed by atoms with E-state index in [1.165, 1.54) is 0 Å². The van der Waals surface area contributed by atoms with E-state index < -0.39 is 0 Å². The van der Waals surface area contributed by atoms with Gasteiger partial charge in [0.15, 0.2) is 0 Å². The molecule has 3 rings (SSSR count). The number of hydrogen-bond donors (Lipinski definition) is 3. The molecule has 1 atom stereocenters. The van der Waals surface area contributed by atoms with E-state index in [9.17, 15) is 4.79 Å². The lowest BCUT2D eigenvalue weighted by Crippen LogP contribution is -2.20. The van der Waals surface area contributed by atoms with Crippen LogP contribution in [0.5, 0.6) is 0 Å². The molecule has 0 saturated carbocycles. The minimum atomic E-state index is -0.321. The van der Waals surface area contributed by atoms with Crippen LogP contribution in [0.1, 0.15) is 36.6 Å². The molecule has 6 heteroatoms.